The first-order valence-corrected chi connectivity index (χ1v) is 18.3. The molecular formula is C50H30N2+2. The molecule has 0 fully saturated rings. The summed E-state index contributed by atoms with van der Waals surface area (Å²) in [6, 6.07) is 64.0. The molecule has 52 heavy (non-hydrogen) atoms. The van der Waals surface area contributed by atoms with Gasteiger partial charge in [-0.05, 0) is 85.3 Å². The molecule has 0 N–H and O–H groups in total. The Labute approximate surface area is 301 Å². The van der Waals surface area contributed by atoms with Crippen molar-refractivity contribution in [3.63, 3.8) is 0 Å². The standard InChI is InChI=1S/C50H30N2/c1-3-12-31(13-4-1)35-25-27-51-44(30-35)39-28-36(32-14-5-2-6-15-32)29-43-46(39)50(51)47-42(24-23-33-21-22-34-16-11-26-52(50)48(34)45(33)47)49(43)40-19-9-7-17-37(40)38-18-8-10-20-41(38)49/h1-30H/q+2. The molecule has 4 heterocycles. The lowest BCUT2D eigenvalue weighted by Gasteiger charge is -2.41. The van der Waals surface area contributed by atoms with Crippen molar-refractivity contribution in [1.82, 2.24) is 0 Å². The average Bonchev–Trinajstić information content (AvgIpc) is 3.81. The van der Waals surface area contributed by atoms with Gasteiger partial charge in [0.15, 0.2) is 12.4 Å². The third-order valence-corrected chi connectivity index (χ3v) is 12.7. The van der Waals surface area contributed by atoms with E-state index in [0.29, 0.717) is 0 Å². The number of fused-ring (bicyclic) bond motifs is 9. The van der Waals surface area contributed by atoms with Crippen LogP contribution < -0.4 is 9.13 Å². The molecule has 0 radical (unpaired) electrons. The number of hydrogen-bond acceptors (Lipinski definition) is 0. The molecule has 2 spiro atoms. The highest BCUT2D eigenvalue weighted by molar-refractivity contribution is 6.09. The quantitative estimate of drug-likeness (QED) is 0.129. The van der Waals surface area contributed by atoms with Gasteiger partial charge in [0.25, 0.3) is 0 Å². The predicted molar refractivity (Wildman–Crippen MR) is 207 cm³/mol. The van der Waals surface area contributed by atoms with Crippen LogP contribution in [0.4, 0.5) is 0 Å². The second-order valence-electron chi connectivity index (χ2n) is 14.8. The Bertz CT molecular complexity index is 3020. The largest absolute Gasteiger partial charge is 0.418 e. The minimum absolute atomic E-state index is 0.509. The van der Waals surface area contributed by atoms with Crippen LogP contribution in [0.15, 0.2) is 182 Å². The van der Waals surface area contributed by atoms with Gasteiger partial charge in [-0.3, -0.25) is 0 Å². The molecule has 2 aliphatic carbocycles. The van der Waals surface area contributed by atoms with Crippen LogP contribution in [0.3, 0.4) is 0 Å². The molecule has 1 atom stereocenters. The maximum absolute atomic E-state index is 2.62. The Balaban J connectivity index is 1.30. The van der Waals surface area contributed by atoms with E-state index in [4.69, 9.17) is 0 Å². The van der Waals surface area contributed by atoms with Crippen molar-refractivity contribution in [3.05, 3.63) is 216 Å². The summed E-state index contributed by atoms with van der Waals surface area (Å²) in [6.45, 7) is 0. The van der Waals surface area contributed by atoms with Gasteiger partial charge in [0.1, 0.15) is 11.1 Å². The molecule has 2 aromatic heterocycles. The molecule has 0 amide bonds. The molecule has 4 aliphatic rings. The second kappa shape index (κ2) is 9.17. The zero-order valence-electron chi connectivity index (χ0n) is 28.2. The van der Waals surface area contributed by atoms with Crippen molar-refractivity contribution >= 4 is 21.7 Å². The van der Waals surface area contributed by atoms with Crippen molar-refractivity contribution in [2.24, 2.45) is 0 Å². The van der Waals surface area contributed by atoms with Crippen LogP contribution in [0.1, 0.15) is 33.4 Å². The van der Waals surface area contributed by atoms with E-state index in [9.17, 15) is 0 Å². The number of nitrogens with zero attached hydrogens (tertiary/aromatic N) is 2. The van der Waals surface area contributed by atoms with Gasteiger partial charge in [0.05, 0.1) is 16.4 Å². The van der Waals surface area contributed by atoms with E-state index in [1.807, 2.05) is 0 Å². The minimum atomic E-state index is -0.597. The number of pyridine rings is 2. The van der Waals surface area contributed by atoms with Crippen LogP contribution in [0, 0.1) is 0 Å². The zero-order valence-corrected chi connectivity index (χ0v) is 28.2. The predicted octanol–water partition coefficient (Wildman–Crippen LogP) is 10.2. The monoisotopic (exact) mass is 658 g/mol. The molecule has 2 nitrogen and oxygen atoms in total. The highest BCUT2D eigenvalue weighted by Crippen LogP contribution is 2.66. The van der Waals surface area contributed by atoms with E-state index in [1.165, 1.54) is 99.7 Å². The summed E-state index contributed by atoms with van der Waals surface area (Å²) >= 11 is 0. The van der Waals surface area contributed by atoms with Crippen molar-refractivity contribution < 1.29 is 9.13 Å². The van der Waals surface area contributed by atoms with Crippen molar-refractivity contribution in [2.75, 3.05) is 0 Å². The van der Waals surface area contributed by atoms with Crippen LogP contribution in [-0.4, -0.2) is 0 Å². The van der Waals surface area contributed by atoms with Crippen LogP contribution in [-0.2, 0) is 11.1 Å². The van der Waals surface area contributed by atoms with E-state index >= 15 is 0 Å². The van der Waals surface area contributed by atoms with Crippen molar-refractivity contribution in [3.8, 4) is 44.6 Å². The van der Waals surface area contributed by atoms with E-state index < -0.39 is 11.1 Å². The van der Waals surface area contributed by atoms with E-state index in [1.54, 1.807) is 0 Å². The van der Waals surface area contributed by atoms with Gasteiger partial charge < -0.3 is 0 Å². The van der Waals surface area contributed by atoms with Gasteiger partial charge in [-0.15, -0.1) is 9.13 Å². The summed E-state index contributed by atoms with van der Waals surface area (Å²) in [5.41, 5.74) is 18.6. The summed E-state index contributed by atoms with van der Waals surface area (Å²) in [6.07, 6.45) is 4.71. The molecule has 238 valence electrons. The molecular weight excluding hydrogens is 629 g/mol. The smallest absolute Gasteiger partial charge is 0.125 e. The van der Waals surface area contributed by atoms with Gasteiger partial charge in [-0.1, -0.05) is 127 Å². The average molecular weight is 659 g/mol. The van der Waals surface area contributed by atoms with Gasteiger partial charge in [0, 0.05) is 23.6 Å². The first-order chi connectivity index (χ1) is 25.8. The first-order valence-electron chi connectivity index (χ1n) is 18.3. The van der Waals surface area contributed by atoms with Crippen molar-refractivity contribution in [1.29, 1.82) is 0 Å². The maximum atomic E-state index is 2.62. The lowest BCUT2D eigenvalue weighted by molar-refractivity contribution is -0.950. The minimum Gasteiger partial charge on any atom is -0.125 e. The fraction of sp³-hybridized carbons (Fsp3) is 0.0400. The normalized spacial score (nSPS) is 17.1. The van der Waals surface area contributed by atoms with Crippen LogP contribution >= 0.6 is 0 Å². The van der Waals surface area contributed by atoms with Gasteiger partial charge in [-0.25, -0.2) is 0 Å². The first kappa shape index (κ1) is 27.1. The lowest BCUT2D eigenvalue weighted by atomic mass is 9.58. The maximum Gasteiger partial charge on any atom is 0.418 e. The fourth-order valence-corrected chi connectivity index (χ4v) is 10.9. The van der Waals surface area contributed by atoms with Gasteiger partial charge in [-0.2, -0.15) is 0 Å². The summed E-state index contributed by atoms with van der Waals surface area (Å²) < 4.78 is 5.23. The topological polar surface area (TPSA) is 7.76 Å². The van der Waals surface area contributed by atoms with Crippen LogP contribution in [0.25, 0.3) is 66.3 Å². The SMILES string of the molecule is c1ccc(-c2cc3c4c(c2)C2(c5ccccc5-c5ccccc52)c2ccc5ccc6ccc[n+]7c6c5c2C47[n+]2ccc(-c4ccccc4)cc2-3)cc1. The summed E-state index contributed by atoms with van der Waals surface area (Å²) in [5.74, 6) is 0. The molecule has 0 bridgehead atoms. The third kappa shape index (κ3) is 2.88. The van der Waals surface area contributed by atoms with Gasteiger partial charge in [0.2, 0.25) is 11.2 Å². The van der Waals surface area contributed by atoms with E-state index in [-0.39, 0.29) is 0 Å². The fourth-order valence-electron chi connectivity index (χ4n) is 10.9. The molecule has 2 aliphatic heterocycles. The van der Waals surface area contributed by atoms with Crippen molar-refractivity contribution in [2.45, 2.75) is 11.1 Å². The molecule has 2 heteroatoms. The molecule has 13 rings (SSSR count). The molecule has 1 unspecified atom stereocenters. The number of rotatable bonds is 2. The lowest BCUT2D eigenvalue weighted by Crippen LogP contribution is -2.73. The third-order valence-electron chi connectivity index (χ3n) is 12.7. The number of benzene rings is 7. The highest BCUT2D eigenvalue weighted by Gasteiger charge is 2.73. The Hall–Kier alpha value is -6.64. The summed E-state index contributed by atoms with van der Waals surface area (Å²) in [7, 11) is 0. The van der Waals surface area contributed by atoms with Crippen LogP contribution in [0.5, 0.6) is 0 Å². The Morgan fingerprint density at radius 1 is 0.365 bits per heavy atom. The summed E-state index contributed by atoms with van der Waals surface area (Å²) in [5, 5.41) is 3.93. The molecule has 0 saturated heterocycles. The zero-order chi connectivity index (χ0) is 33.8. The highest BCUT2D eigenvalue weighted by atomic mass is 15.3. The molecule has 9 aromatic rings. The summed E-state index contributed by atoms with van der Waals surface area (Å²) in [4.78, 5) is 0. The second-order valence-corrected chi connectivity index (χ2v) is 14.8. The van der Waals surface area contributed by atoms with E-state index in [2.05, 4.69) is 191 Å². The molecule has 0 saturated carbocycles. The van der Waals surface area contributed by atoms with Crippen LogP contribution in [0.2, 0.25) is 0 Å². The molecule has 7 aromatic carbocycles. The van der Waals surface area contributed by atoms with Gasteiger partial charge >= 0.3 is 5.66 Å². The number of aromatic nitrogens is 2. The Morgan fingerprint density at radius 2 is 1.02 bits per heavy atom. The number of hydrogen-bond donors (Lipinski definition) is 0. The van der Waals surface area contributed by atoms with E-state index in [0.717, 1.165) is 0 Å². The Morgan fingerprint density at radius 3 is 1.77 bits per heavy atom. The Kier molecular flexibility index (Phi) is 4.78.